The zero-order valence-electron chi connectivity index (χ0n) is 13.4. The molecule has 3 rings (SSSR count). The number of nitrogens with zero attached hydrogens (tertiary/aromatic N) is 3. The summed E-state index contributed by atoms with van der Waals surface area (Å²) < 4.78 is 2.64. The Balaban J connectivity index is 2.23. The van der Waals surface area contributed by atoms with Gasteiger partial charge < -0.3 is 0 Å². The predicted octanol–water partition coefficient (Wildman–Crippen LogP) is 0.820. The van der Waals surface area contributed by atoms with Gasteiger partial charge in [0.2, 0.25) is 0 Å². The van der Waals surface area contributed by atoms with E-state index in [4.69, 9.17) is 11.5 Å². The number of amides is 1. The van der Waals surface area contributed by atoms with Gasteiger partial charge in [-0.2, -0.15) is 0 Å². The van der Waals surface area contributed by atoms with Crippen molar-refractivity contribution in [1.29, 1.82) is 0 Å². The fourth-order valence-electron chi connectivity index (χ4n) is 2.67. The molecule has 0 aliphatic carbocycles. The summed E-state index contributed by atoms with van der Waals surface area (Å²) in [5.74, 6) is 1.16. The minimum absolute atomic E-state index is 0.380. The molecular formula is C16H18N6OSe. The van der Waals surface area contributed by atoms with Crippen molar-refractivity contribution < 1.29 is 4.79 Å². The Morgan fingerprint density at radius 2 is 2.08 bits per heavy atom. The topological polar surface area (TPSA) is 112 Å². The molecule has 8 heteroatoms. The summed E-state index contributed by atoms with van der Waals surface area (Å²) in [7, 11) is 1.78. The average molecular weight is 389 g/mol. The third-order valence-corrected chi connectivity index (χ3v) is 5.58. The summed E-state index contributed by atoms with van der Waals surface area (Å²) in [5, 5.41) is 3.81. The molecule has 0 fully saturated rings. The molecule has 0 saturated heterocycles. The maximum absolute atomic E-state index is 11.5. The van der Waals surface area contributed by atoms with Crippen molar-refractivity contribution in [2.45, 2.75) is 13.5 Å². The molecule has 0 spiro atoms. The van der Waals surface area contributed by atoms with E-state index in [0.717, 1.165) is 15.4 Å². The van der Waals surface area contributed by atoms with Gasteiger partial charge in [-0.25, -0.2) is 0 Å². The number of aryl methyl sites for hydroxylation is 1. The summed E-state index contributed by atoms with van der Waals surface area (Å²) in [6.45, 7) is 2.63. The summed E-state index contributed by atoms with van der Waals surface area (Å²) in [6.07, 6.45) is 1.49. The average Bonchev–Trinajstić information content (AvgIpc) is 2.82. The van der Waals surface area contributed by atoms with Gasteiger partial charge >= 0.3 is 145 Å². The van der Waals surface area contributed by atoms with Crippen molar-refractivity contribution in [3.63, 3.8) is 0 Å². The second-order valence-electron chi connectivity index (χ2n) is 5.32. The fourth-order valence-corrected chi connectivity index (χ4v) is 4.15. The molecule has 5 N–H and O–H groups in total. The molecule has 24 heavy (non-hydrogen) atoms. The predicted molar refractivity (Wildman–Crippen MR) is 96.7 cm³/mol. The van der Waals surface area contributed by atoms with E-state index in [1.807, 2.05) is 16.7 Å². The first-order valence-electron chi connectivity index (χ1n) is 7.35. The number of nitrogens with one attached hydrogen (secondary N) is 1. The molecule has 0 radical (unpaired) electrons. The van der Waals surface area contributed by atoms with E-state index in [9.17, 15) is 4.79 Å². The van der Waals surface area contributed by atoms with Crippen LogP contribution in [0.5, 0.6) is 0 Å². The second kappa shape index (κ2) is 6.51. The second-order valence-corrected chi connectivity index (χ2v) is 7.45. The van der Waals surface area contributed by atoms with Crippen LogP contribution in [0.2, 0.25) is 0 Å². The SMILES string of the molecule is CNc1ncnc2c1c([Se]C(N)=O)c(N)n2Cc1ccccc1C. The Labute approximate surface area is 145 Å². The monoisotopic (exact) mass is 390 g/mol. The van der Waals surface area contributed by atoms with Gasteiger partial charge in [-0.05, 0) is 0 Å². The number of anilines is 2. The molecule has 0 unspecified atom stereocenters. The number of hydrogen-bond donors (Lipinski definition) is 3. The van der Waals surface area contributed by atoms with Crippen LogP contribution in [-0.4, -0.2) is 41.3 Å². The van der Waals surface area contributed by atoms with Crippen LogP contribution in [-0.2, 0) is 6.54 Å². The number of aromatic nitrogens is 3. The molecule has 0 saturated carbocycles. The van der Waals surface area contributed by atoms with Crippen LogP contribution in [0.15, 0.2) is 30.6 Å². The first-order valence-corrected chi connectivity index (χ1v) is 9.06. The van der Waals surface area contributed by atoms with Crippen molar-refractivity contribution in [1.82, 2.24) is 14.5 Å². The van der Waals surface area contributed by atoms with E-state index < -0.39 is 15.0 Å². The molecule has 3 aromatic rings. The normalized spacial score (nSPS) is 10.9. The van der Waals surface area contributed by atoms with Gasteiger partial charge in [0.25, 0.3) is 0 Å². The number of primary amides is 1. The van der Waals surface area contributed by atoms with Gasteiger partial charge in [-0.1, -0.05) is 0 Å². The minimum atomic E-state index is -0.588. The molecule has 0 aliphatic rings. The van der Waals surface area contributed by atoms with Gasteiger partial charge in [0, 0.05) is 0 Å². The Kier molecular flexibility index (Phi) is 4.42. The van der Waals surface area contributed by atoms with E-state index in [-0.39, 0.29) is 4.81 Å². The van der Waals surface area contributed by atoms with Crippen molar-refractivity contribution in [2.75, 3.05) is 18.1 Å². The van der Waals surface area contributed by atoms with E-state index >= 15 is 0 Å². The van der Waals surface area contributed by atoms with Gasteiger partial charge in [0.1, 0.15) is 0 Å². The zero-order valence-corrected chi connectivity index (χ0v) is 15.1. The van der Waals surface area contributed by atoms with Crippen LogP contribution < -0.4 is 21.2 Å². The maximum atomic E-state index is 11.5. The number of benzene rings is 1. The zero-order chi connectivity index (χ0) is 17.3. The summed E-state index contributed by atoms with van der Waals surface area (Å²) >= 11 is -0.588. The van der Waals surface area contributed by atoms with Gasteiger partial charge in [0.15, 0.2) is 0 Å². The van der Waals surface area contributed by atoms with Gasteiger partial charge in [0.05, 0.1) is 0 Å². The third kappa shape index (κ3) is 2.81. The van der Waals surface area contributed by atoms with Crippen LogP contribution in [0.4, 0.5) is 16.4 Å². The number of fused-ring (bicyclic) bond motifs is 1. The summed E-state index contributed by atoms with van der Waals surface area (Å²) in [6, 6.07) is 8.10. The molecule has 2 aromatic heterocycles. The Morgan fingerprint density at radius 1 is 1.33 bits per heavy atom. The molecule has 0 aliphatic heterocycles. The van der Waals surface area contributed by atoms with Gasteiger partial charge in [-0.3, -0.25) is 0 Å². The summed E-state index contributed by atoms with van der Waals surface area (Å²) in [4.78, 5) is 19.8. The van der Waals surface area contributed by atoms with Crippen molar-refractivity contribution >= 4 is 46.9 Å². The van der Waals surface area contributed by atoms with E-state index in [1.165, 1.54) is 11.9 Å². The Hall–Kier alpha value is -2.57. The van der Waals surface area contributed by atoms with Crippen molar-refractivity contribution in [2.24, 2.45) is 5.73 Å². The first-order chi connectivity index (χ1) is 11.5. The Bertz CT molecular complexity index is 920. The quantitative estimate of drug-likeness (QED) is 0.560. The standard InChI is InChI=1S/C16H18N6OSe/c1-9-5-3-4-6-10(9)7-22-13(17)12(24-16(18)23)11-14(19-2)20-8-21-15(11)22/h3-6,8H,7,17H2,1-2H3,(H2,18,23)(H,19,20,21). The molecule has 1 aromatic carbocycles. The number of nitrogens with two attached hydrogens (primary N) is 2. The molecule has 0 atom stereocenters. The van der Waals surface area contributed by atoms with Gasteiger partial charge in [-0.15, -0.1) is 0 Å². The van der Waals surface area contributed by atoms with Crippen LogP contribution in [0.3, 0.4) is 0 Å². The number of rotatable bonds is 5. The Morgan fingerprint density at radius 3 is 2.75 bits per heavy atom. The molecule has 2 heterocycles. The molecule has 124 valence electrons. The number of carbonyl (C=O) groups excluding carboxylic acids is 1. The van der Waals surface area contributed by atoms with E-state index in [0.29, 0.717) is 23.8 Å². The van der Waals surface area contributed by atoms with Crippen molar-refractivity contribution in [3.8, 4) is 0 Å². The number of hydrogen-bond acceptors (Lipinski definition) is 5. The van der Waals surface area contributed by atoms with Crippen molar-refractivity contribution in [3.05, 3.63) is 41.7 Å². The van der Waals surface area contributed by atoms with Crippen LogP contribution in [0.25, 0.3) is 11.0 Å². The number of carbonyl (C=O) groups is 1. The molecule has 1 amide bonds. The number of nitrogen functional groups attached to an aromatic ring is 1. The molecule has 0 bridgehead atoms. The molecular weight excluding hydrogens is 371 g/mol. The summed E-state index contributed by atoms with van der Waals surface area (Å²) in [5.41, 5.74) is 14.8. The van der Waals surface area contributed by atoms with Crippen LogP contribution >= 0.6 is 0 Å². The fraction of sp³-hybridized carbons (Fsp3) is 0.188. The first kappa shape index (κ1) is 16.3. The third-order valence-electron chi connectivity index (χ3n) is 3.86. The van der Waals surface area contributed by atoms with Crippen LogP contribution in [0.1, 0.15) is 11.1 Å². The van der Waals surface area contributed by atoms with E-state index in [2.05, 4.69) is 34.3 Å². The van der Waals surface area contributed by atoms with E-state index in [1.54, 1.807) is 7.05 Å². The molecule has 7 nitrogen and oxygen atoms in total. The van der Waals surface area contributed by atoms with Crippen LogP contribution in [0, 0.1) is 6.92 Å².